The minimum atomic E-state index is -0.0989. The molecule has 29 heavy (non-hydrogen) atoms. The second kappa shape index (κ2) is 9.83. The van der Waals surface area contributed by atoms with Crippen LogP contribution in [0.3, 0.4) is 0 Å². The lowest BCUT2D eigenvalue weighted by Crippen LogP contribution is -2.38. The molecule has 0 aromatic heterocycles. The van der Waals surface area contributed by atoms with Gasteiger partial charge in [-0.25, -0.2) is 0 Å². The lowest BCUT2D eigenvalue weighted by molar-refractivity contribution is -0.114. The summed E-state index contributed by atoms with van der Waals surface area (Å²) >= 11 is 1.88. The molecule has 0 atom stereocenters. The molecule has 0 aliphatic carbocycles. The van der Waals surface area contributed by atoms with E-state index in [9.17, 15) is 9.59 Å². The fourth-order valence-corrected chi connectivity index (χ4v) is 4.46. The summed E-state index contributed by atoms with van der Waals surface area (Å²) in [6.45, 7) is 7.74. The van der Waals surface area contributed by atoms with Gasteiger partial charge in [-0.2, -0.15) is 11.8 Å². The smallest absolute Gasteiger partial charge is 0.254 e. The Morgan fingerprint density at radius 1 is 1.07 bits per heavy atom. The number of amides is 2. The number of nitrogens with zero attached hydrogens (tertiary/aromatic N) is 1. The van der Waals surface area contributed by atoms with Crippen LogP contribution in [0.25, 0.3) is 0 Å². The van der Waals surface area contributed by atoms with Crippen LogP contribution < -0.4 is 10.6 Å². The van der Waals surface area contributed by atoms with E-state index in [2.05, 4.69) is 17.6 Å². The van der Waals surface area contributed by atoms with Crippen molar-refractivity contribution in [1.29, 1.82) is 0 Å². The fraction of sp³-hybridized carbons (Fsp3) is 0.391. The third-order valence-electron chi connectivity index (χ3n) is 5.31. The maximum atomic E-state index is 12.9. The highest BCUT2D eigenvalue weighted by molar-refractivity contribution is 7.99. The summed E-state index contributed by atoms with van der Waals surface area (Å²) in [4.78, 5) is 27.3. The van der Waals surface area contributed by atoms with Gasteiger partial charge in [0.2, 0.25) is 5.91 Å². The van der Waals surface area contributed by atoms with E-state index < -0.39 is 0 Å². The number of anilines is 2. The van der Waals surface area contributed by atoms with Crippen molar-refractivity contribution in [3.05, 3.63) is 58.7 Å². The van der Waals surface area contributed by atoms with Gasteiger partial charge in [0.05, 0.1) is 6.54 Å². The van der Waals surface area contributed by atoms with Crippen LogP contribution in [0.1, 0.15) is 34.0 Å². The highest BCUT2D eigenvalue weighted by Crippen LogP contribution is 2.23. The van der Waals surface area contributed by atoms with Crippen LogP contribution in [0.15, 0.2) is 36.4 Å². The monoisotopic (exact) mass is 411 g/mol. The minimum Gasteiger partial charge on any atom is -0.376 e. The molecule has 0 saturated carbocycles. The number of aryl methyl sites for hydroxylation is 2. The quantitative estimate of drug-likeness (QED) is 0.751. The topological polar surface area (TPSA) is 61.4 Å². The van der Waals surface area contributed by atoms with Crippen molar-refractivity contribution in [1.82, 2.24) is 4.90 Å². The molecule has 154 valence electrons. The predicted molar refractivity (Wildman–Crippen MR) is 122 cm³/mol. The summed E-state index contributed by atoms with van der Waals surface area (Å²) in [5.41, 5.74) is 5.48. The van der Waals surface area contributed by atoms with Gasteiger partial charge in [0.25, 0.3) is 5.91 Å². The number of rotatable bonds is 6. The van der Waals surface area contributed by atoms with Gasteiger partial charge < -0.3 is 15.5 Å². The number of carbonyl (C=O) groups is 2. The van der Waals surface area contributed by atoms with Crippen LogP contribution in [-0.4, -0.2) is 47.9 Å². The Morgan fingerprint density at radius 3 is 2.52 bits per heavy atom. The average molecular weight is 412 g/mol. The Hall–Kier alpha value is -2.47. The summed E-state index contributed by atoms with van der Waals surface area (Å²) in [6.07, 6.45) is 0.864. The molecule has 5 nitrogen and oxygen atoms in total. The van der Waals surface area contributed by atoms with Gasteiger partial charge in [-0.15, -0.1) is 0 Å². The van der Waals surface area contributed by atoms with Gasteiger partial charge in [-0.1, -0.05) is 31.2 Å². The highest BCUT2D eigenvalue weighted by Gasteiger charge is 2.21. The molecule has 2 aromatic rings. The average Bonchev–Trinajstić information content (AvgIpc) is 2.74. The Bertz CT molecular complexity index is 892. The van der Waals surface area contributed by atoms with E-state index in [1.54, 1.807) is 0 Å². The van der Waals surface area contributed by atoms with E-state index in [0.717, 1.165) is 59.1 Å². The molecule has 0 unspecified atom stereocenters. The number of hydrogen-bond acceptors (Lipinski definition) is 4. The van der Waals surface area contributed by atoms with Gasteiger partial charge in [-0.3, -0.25) is 9.59 Å². The third-order valence-corrected chi connectivity index (χ3v) is 6.25. The van der Waals surface area contributed by atoms with Crippen LogP contribution in [-0.2, 0) is 11.2 Å². The van der Waals surface area contributed by atoms with Crippen LogP contribution in [0.2, 0.25) is 0 Å². The van der Waals surface area contributed by atoms with Crippen molar-refractivity contribution in [3.8, 4) is 0 Å². The van der Waals surface area contributed by atoms with E-state index in [-0.39, 0.29) is 18.4 Å². The molecular weight excluding hydrogens is 382 g/mol. The first kappa shape index (κ1) is 21.2. The number of thioether (sulfide) groups is 1. The van der Waals surface area contributed by atoms with E-state index in [1.807, 2.05) is 66.9 Å². The van der Waals surface area contributed by atoms with E-state index in [0.29, 0.717) is 5.56 Å². The van der Waals surface area contributed by atoms with Crippen molar-refractivity contribution < 1.29 is 9.59 Å². The molecule has 1 fully saturated rings. The molecule has 2 aromatic carbocycles. The van der Waals surface area contributed by atoms with Crippen LogP contribution in [0.4, 0.5) is 11.4 Å². The first-order valence-electron chi connectivity index (χ1n) is 10.1. The summed E-state index contributed by atoms with van der Waals surface area (Å²) in [6, 6.07) is 11.7. The minimum absolute atomic E-state index is 0.0726. The van der Waals surface area contributed by atoms with Crippen molar-refractivity contribution in [3.63, 3.8) is 0 Å². The molecule has 3 rings (SSSR count). The van der Waals surface area contributed by atoms with Gasteiger partial charge in [0.15, 0.2) is 0 Å². The molecule has 1 saturated heterocycles. The Balaban J connectivity index is 1.66. The molecule has 1 heterocycles. The third kappa shape index (κ3) is 5.12. The van der Waals surface area contributed by atoms with Crippen molar-refractivity contribution >= 4 is 35.0 Å². The highest BCUT2D eigenvalue weighted by atomic mass is 32.2. The number of nitrogens with one attached hydrogen (secondary N) is 2. The number of carbonyl (C=O) groups excluding carboxylic acids is 2. The Labute approximate surface area is 177 Å². The van der Waals surface area contributed by atoms with Crippen molar-refractivity contribution in [2.24, 2.45) is 0 Å². The largest absolute Gasteiger partial charge is 0.376 e. The molecule has 1 aliphatic rings. The molecule has 2 N–H and O–H groups in total. The molecule has 6 heteroatoms. The fourth-order valence-electron chi connectivity index (χ4n) is 3.56. The number of hydrogen-bond donors (Lipinski definition) is 2. The lowest BCUT2D eigenvalue weighted by Gasteiger charge is -2.27. The second-order valence-electron chi connectivity index (χ2n) is 7.25. The molecule has 0 spiro atoms. The molecule has 0 bridgehead atoms. The maximum Gasteiger partial charge on any atom is 0.254 e. The van der Waals surface area contributed by atoms with E-state index >= 15 is 0 Å². The maximum absolute atomic E-state index is 12.9. The van der Waals surface area contributed by atoms with Crippen LogP contribution in [0.5, 0.6) is 0 Å². The van der Waals surface area contributed by atoms with Crippen molar-refractivity contribution in [2.45, 2.75) is 27.2 Å². The first-order chi connectivity index (χ1) is 14.0. The van der Waals surface area contributed by atoms with Gasteiger partial charge >= 0.3 is 0 Å². The summed E-state index contributed by atoms with van der Waals surface area (Å²) in [7, 11) is 0. The number of para-hydroxylation sites is 1. The van der Waals surface area contributed by atoms with Crippen LogP contribution in [0, 0.1) is 13.8 Å². The summed E-state index contributed by atoms with van der Waals surface area (Å²) < 4.78 is 0. The standard InChI is InChI=1S/C23H29N3O2S/c1-4-18-8-5-7-16(2)22(18)25-21(27)15-24-20-10-6-9-19(17(20)3)23(28)26-11-13-29-14-12-26/h5-10,24H,4,11-15H2,1-3H3,(H,25,27). The Kier molecular flexibility index (Phi) is 7.20. The SMILES string of the molecule is CCc1cccc(C)c1NC(=O)CNc1cccc(C(=O)N2CCSCC2)c1C. The zero-order valence-corrected chi connectivity index (χ0v) is 18.2. The summed E-state index contributed by atoms with van der Waals surface area (Å²) in [5, 5.41) is 6.23. The molecule has 0 radical (unpaired) electrons. The normalized spacial score (nSPS) is 13.8. The summed E-state index contributed by atoms with van der Waals surface area (Å²) in [5.74, 6) is 1.95. The van der Waals surface area contributed by atoms with Gasteiger partial charge in [0.1, 0.15) is 0 Å². The first-order valence-corrected chi connectivity index (χ1v) is 11.3. The van der Waals surface area contributed by atoms with Gasteiger partial charge in [0, 0.05) is 41.5 Å². The molecule has 1 aliphatic heterocycles. The van der Waals surface area contributed by atoms with E-state index in [1.165, 1.54) is 0 Å². The Morgan fingerprint density at radius 2 is 1.79 bits per heavy atom. The zero-order valence-electron chi connectivity index (χ0n) is 17.4. The second-order valence-corrected chi connectivity index (χ2v) is 8.47. The van der Waals surface area contributed by atoms with Crippen LogP contribution >= 0.6 is 11.8 Å². The zero-order chi connectivity index (χ0) is 20.8. The van der Waals surface area contributed by atoms with Crippen molar-refractivity contribution in [2.75, 3.05) is 41.8 Å². The molecule has 2 amide bonds. The molecular formula is C23H29N3O2S. The van der Waals surface area contributed by atoms with E-state index in [4.69, 9.17) is 0 Å². The lowest BCUT2D eigenvalue weighted by atomic mass is 10.0. The predicted octanol–water partition coefficient (Wildman–Crippen LogP) is 4.11. The number of benzene rings is 2. The van der Waals surface area contributed by atoms with Gasteiger partial charge in [-0.05, 0) is 49.1 Å².